The van der Waals surface area contributed by atoms with Crippen LogP contribution >= 0.6 is 0 Å². The monoisotopic (exact) mass is 392 g/mol. The van der Waals surface area contributed by atoms with Crippen molar-refractivity contribution in [3.8, 4) is 11.1 Å². The molecule has 29 heavy (non-hydrogen) atoms. The van der Waals surface area contributed by atoms with Crippen LogP contribution in [0.25, 0.3) is 22.4 Å². The van der Waals surface area contributed by atoms with Crippen LogP contribution in [0, 0.1) is 6.92 Å². The van der Waals surface area contributed by atoms with Gasteiger partial charge in [0, 0.05) is 41.5 Å². The van der Waals surface area contributed by atoms with Gasteiger partial charge in [-0.05, 0) is 39.9 Å². The molecule has 0 aromatic carbocycles. The van der Waals surface area contributed by atoms with E-state index in [-0.39, 0.29) is 5.95 Å². The van der Waals surface area contributed by atoms with Crippen LogP contribution in [-0.4, -0.2) is 54.0 Å². The molecule has 1 aliphatic carbocycles. The van der Waals surface area contributed by atoms with E-state index in [1.807, 2.05) is 29.8 Å². The van der Waals surface area contributed by atoms with Crippen LogP contribution in [0.5, 0.6) is 0 Å². The lowest BCUT2D eigenvalue weighted by molar-refractivity contribution is 0.229. The van der Waals surface area contributed by atoms with E-state index in [1.54, 1.807) is 23.1 Å². The van der Waals surface area contributed by atoms with Crippen molar-refractivity contribution in [3.05, 3.63) is 42.7 Å². The molecule has 4 heterocycles. The average Bonchev–Trinajstić information content (AvgIpc) is 3.32. The second-order valence-electron chi connectivity index (χ2n) is 7.84. The summed E-state index contributed by atoms with van der Waals surface area (Å²) in [6.07, 6.45) is 16.4. The minimum absolute atomic E-state index is 0.249. The first kappa shape index (κ1) is 19.3. The highest BCUT2D eigenvalue weighted by Crippen LogP contribution is 2.25. The highest BCUT2D eigenvalue weighted by molar-refractivity contribution is 5.79. The van der Waals surface area contributed by atoms with Crippen molar-refractivity contribution in [2.24, 2.45) is 0 Å². The van der Waals surface area contributed by atoms with E-state index in [0.717, 1.165) is 28.4 Å². The summed E-state index contributed by atoms with van der Waals surface area (Å²) in [7, 11) is 4.38. The lowest BCUT2D eigenvalue weighted by Gasteiger charge is -2.27. The maximum atomic E-state index is 5.58. The normalized spacial score (nSPS) is 15.0. The zero-order valence-electron chi connectivity index (χ0n) is 17.3. The van der Waals surface area contributed by atoms with Crippen LogP contribution < -0.4 is 5.73 Å². The first-order valence-electron chi connectivity index (χ1n) is 10.1. The number of hydrogen-bond acceptors (Lipinski definition) is 6. The maximum Gasteiger partial charge on any atom is 0.238 e. The summed E-state index contributed by atoms with van der Waals surface area (Å²) in [4.78, 5) is 15.0. The van der Waals surface area contributed by atoms with E-state index < -0.39 is 0 Å². The first-order chi connectivity index (χ1) is 14.0. The molecule has 0 aliphatic heterocycles. The number of nitrogen functional groups attached to an aromatic ring is 1. The molecule has 2 N–H and O–H groups in total. The third-order valence-electron chi connectivity index (χ3n) is 5.60. The molecule has 0 bridgehead atoms. The number of rotatable bonds is 2. The van der Waals surface area contributed by atoms with Gasteiger partial charge < -0.3 is 10.6 Å². The molecule has 8 heteroatoms. The number of nitrogens with zero attached hydrogens (tertiary/aromatic N) is 7. The summed E-state index contributed by atoms with van der Waals surface area (Å²) in [5.74, 6) is 0.939. The Labute approximate surface area is 170 Å². The van der Waals surface area contributed by atoms with Gasteiger partial charge in [0.05, 0.1) is 17.9 Å². The molecule has 0 atom stereocenters. The predicted octanol–water partition coefficient (Wildman–Crippen LogP) is 3.21. The lowest BCUT2D eigenvalue weighted by Crippen LogP contribution is -2.29. The summed E-state index contributed by atoms with van der Waals surface area (Å²) in [5, 5.41) is 4.14. The van der Waals surface area contributed by atoms with E-state index in [9.17, 15) is 0 Å². The predicted molar refractivity (Wildman–Crippen MR) is 115 cm³/mol. The minimum atomic E-state index is 0.249. The highest BCUT2D eigenvalue weighted by atomic mass is 15.3. The summed E-state index contributed by atoms with van der Waals surface area (Å²) >= 11 is 0. The van der Waals surface area contributed by atoms with E-state index in [2.05, 4.69) is 39.0 Å². The largest absolute Gasteiger partial charge is 0.367 e. The molecule has 152 valence electrons. The first-order valence-corrected chi connectivity index (χ1v) is 10.1. The Balaban J connectivity index is 0.000000192. The quantitative estimate of drug-likeness (QED) is 0.563. The van der Waals surface area contributed by atoms with Gasteiger partial charge in [0.1, 0.15) is 0 Å². The molecule has 1 saturated carbocycles. The van der Waals surface area contributed by atoms with Crippen molar-refractivity contribution >= 4 is 17.2 Å². The van der Waals surface area contributed by atoms with Crippen molar-refractivity contribution in [2.45, 2.75) is 45.1 Å². The third-order valence-corrected chi connectivity index (χ3v) is 5.60. The number of aryl methyl sites for hydroxylation is 1. The minimum Gasteiger partial charge on any atom is -0.367 e. The Bertz CT molecular complexity index is 1100. The lowest BCUT2D eigenvalue weighted by atomic mass is 9.95. The van der Waals surface area contributed by atoms with Gasteiger partial charge in [-0.2, -0.15) is 0 Å². The third kappa shape index (κ3) is 4.07. The summed E-state index contributed by atoms with van der Waals surface area (Å²) in [6.45, 7) is 1.99. The molecule has 0 saturated heterocycles. The number of imidazole rings is 1. The standard InChI is InChI=1S/C13H11N7.C8H17N/c1-8-4-16-13-17-5-9(7-19(8)13)10-2-3-20-11(10)6-15-12(14)18-20;1-9(2)8-6-4-3-5-7-8/h2-7H,1H3,(H2,14,18);8H,3-7H2,1-2H3. The topological polar surface area (TPSA) is 89.6 Å². The summed E-state index contributed by atoms with van der Waals surface area (Å²) in [5.41, 5.74) is 9.50. The fraction of sp³-hybridized carbons (Fsp3) is 0.429. The van der Waals surface area contributed by atoms with Crippen LogP contribution in [-0.2, 0) is 0 Å². The zero-order chi connectivity index (χ0) is 20.4. The Morgan fingerprint density at radius 3 is 2.52 bits per heavy atom. The van der Waals surface area contributed by atoms with E-state index in [4.69, 9.17) is 5.73 Å². The molecule has 4 aromatic heterocycles. The molecule has 5 rings (SSSR count). The Morgan fingerprint density at radius 1 is 1.03 bits per heavy atom. The van der Waals surface area contributed by atoms with Gasteiger partial charge >= 0.3 is 0 Å². The number of anilines is 1. The van der Waals surface area contributed by atoms with Crippen molar-refractivity contribution in [1.82, 2.24) is 33.9 Å². The Morgan fingerprint density at radius 2 is 1.79 bits per heavy atom. The number of hydrogen-bond donors (Lipinski definition) is 1. The van der Waals surface area contributed by atoms with Crippen LogP contribution in [0.2, 0.25) is 0 Å². The van der Waals surface area contributed by atoms with Gasteiger partial charge in [-0.25, -0.2) is 19.5 Å². The fourth-order valence-electron chi connectivity index (χ4n) is 3.88. The molecule has 4 aromatic rings. The summed E-state index contributed by atoms with van der Waals surface area (Å²) < 4.78 is 3.67. The maximum absolute atomic E-state index is 5.58. The number of nitrogens with two attached hydrogens (primary N) is 1. The van der Waals surface area contributed by atoms with Gasteiger partial charge in [0.25, 0.3) is 0 Å². The Hall–Kier alpha value is -3.00. The van der Waals surface area contributed by atoms with Gasteiger partial charge in [-0.1, -0.05) is 19.3 Å². The van der Waals surface area contributed by atoms with Crippen molar-refractivity contribution < 1.29 is 0 Å². The SMILES string of the molecule is CN(C)C1CCCCC1.Cc1cnc2ncc(-c3ccn4nc(N)ncc34)cn12. The second-order valence-corrected chi connectivity index (χ2v) is 7.84. The van der Waals surface area contributed by atoms with Gasteiger partial charge in [-0.15, -0.1) is 5.10 Å². The van der Waals surface area contributed by atoms with Crippen LogP contribution in [0.1, 0.15) is 37.8 Å². The summed E-state index contributed by atoms with van der Waals surface area (Å²) in [6, 6.07) is 2.86. The van der Waals surface area contributed by atoms with E-state index >= 15 is 0 Å². The smallest absolute Gasteiger partial charge is 0.238 e. The molecule has 1 fully saturated rings. The highest BCUT2D eigenvalue weighted by Gasteiger charge is 2.14. The molecule has 0 radical (unpaired) electrons. The van der Waals surface area contributed by atoms with Gasteiger partial charge in [0.15, 0.2) is 0 Å². The fourth-order valence-corrected chi connectivity index (χ4v) is 3.88. The molecule has 0 unspecified atom stereocenters. The van der Waals surface area contributed by atoms with Crippen molar-refractivity contribution in [1.29, 1.82) is 0 Å². The van der Waals surface area contributed by atoms with Gasteiger partial charge in [0.2, 0.25) is 11.7 Å². The molecule has 0 amide bonds. The molecule has 1 aliphatic rings. The molecule has 0 spiro atoms. The van der Waals surface area contributed by atoms with E-state index in [1.165, 1.54) is 32.1 Å². The second kappa shape index (κ2) is 8.16. The van der Waals surface area contributed by atoms with Gasteiger partial charge in [-0.3, -0.25) is 4.40 Å². The number of aromatic nitrogens is 6. The zero-order valence-corrected chi connectivity index (χ0v) is 17.3. The van der Waals surface area contributed by atoms with Crippen molar-refractivity contribution in [2.75, 3.05) is 19.8 Å². The molecular weight excluding hydrogens is 364 g/mol. The average molecular weight is 393 g/mol. The number of fused-ring (bicyclic) bond motifs is 2. The van der Waals surface area contributed by atoms with Crippen LogP contribution in [0.15, 0.2) is 37.1 Å². The van der Waals surface area contributed by atoms with Crippen molar-refractivity contribution in [3.63, 3.8) is 0 Å². The van der Waals surface area contributed by atoms with Crippen LogP contribution in [0.3, 0.4) is 0 Å². The molecule has 8 nitrogen and oxygen atoms in total. The van der Waals surface area contributed by atoms with E-state index in [0.29, 0.717) is 5.78 Å². The Kier molecular flexibility index (Phi) is 5.44. The van der Waals surface area contributed by atoms with Crippen LogP contribution in [0.4, 0.5) is 5.95 Å². The molecular formula is C21H28N8.